The van der Waals surface area contributed by atoms with Crippen molar-refractivity contribution in [1.82, 2.24) is 9.55 Å². The van der Waals surface area contributed by atoms with Crippen molar-refractivity contribution in [1.29, 1.82) is 0 Å². The molecule has 0 N–H and O–H groups in total. The van der Waals surface area contributed by atoms with E-state index in [0.717, 1.165) is 37.9 Å². The van der Waals surface area contributed by atoms with Crippen LogP contribution in [0.4, 0.5) is 0 Å². The lowest BCUT2D eigenvalue weighted by Crippen LogP contribution is -2.27. The first kappa shape index (κ1) is 11.2. The Balaban J connectivity index is 2.34. The maximum absolute atomic E-state index is 11.7. The zero-order chi connectivity index (χ0) is 11.5. The third-order valence-corrected chi connectivity index (χ3v) is 3.12. The van der Waals surface area contributed by atoms with E-state index in [9.17, 15) is 4.79 Å². The standard InChI is InChI=1S/C12H18N2O2/c1-3-5-11-13-8-9-6-4-7-10(14(9)11)12(15)16-2/h8,10H,3-7H2,1-2H3. The molecule has 2 heterocycles. The van der Waals surface area contributed by atoms with Crippen LogP contribution in [0.25, 0.3) is 0 Å². The highest BCUT2D eigenvalue weighted by Crippen LogP contribution is 2.27. The lowest BCUT2D eigenvalue weighted by atomic mass is 10.0. The molecule has 16 heavy (non-hydrogen) atoms. The molecule has 0 saturated carbocycles. The van der Waals surface area contributed by atoms with Gasteiger partial charge in [0.1, 0.15) is 11.9 Å². The van der Waals surface area contributed by atoms with Crippen molar-refractivity contribution < 1.29 is 9.53 Å². The van der Waals surface area contributed by atoms with Crippen molar-refractivity contribution in [2.24, 2.45) is 0 Å². The van der Waals surface area contributed by atoms with Gasteiger partial charge >= 0.3 is 5.97 Å². The fourth-order valence-corrected chi connectivity index (χ4v) is 2.38. The van der Waals surface area contributed by atoms with Gasteiger partial charge in [0, 0.05) is 18.3 Å². The van der Waals surface area contributed by atoms with Crippen molar-refractivity contribution in [3.8, 4) is 0 Å². The molecule has 2 rings (SSSR count). The summed E-state index contributed by atoms with van der Waals surface area (Å²) >= 11 is 0. The SMILES string of the molecule is CCCc1ncc2n1C(C(=O)OC)CCC2. The summed E-state index contributed by atoms with van der Waals surface area (Å²) in [6.45, 7) is 2.12. The van der Waals surface area contributed by atoms with Crippen molar-refractivity contribution in [3.63, 3.8) is 0 Å². The summed E-state index contributed by atoms with van der Waals surface area (Å²) < 4.78 is 6.94. The first-order valence-corrected chi connectivity index (χ1v) is 5.90. The third-order valence-electron chi connectivity index (χ3n) is 3.12. The van der Waals surface area contributed by atoms with Crippen LogP contribution in [0, 0.1) is 0 Å². The zero-order valence-electron chi connectivity index (χ0n) is 9.90. The molecule has 1 unspecified atom stereocenters. The van der Waals surface area contributed by atoms with Crippen LogP contribution in [0.3, 0.4) is 0 Å². The van der Waals surface area contributed by atoms with E-state index in [1.165, 1.54) is 12.8 Å². The van der Waals surface area contributed by atoms with Crippen LogP contribution in [0.2, 0.25) is 0 Å². The Morgan fingerprint density at radius 1 is 1.69 bits per heavy atom. The molecule has 4 heteroatoms. The van der Waals surface area contributed by atoms with Gasteiger partial charge < -0.3 is 9.30 Å². The highest BCUT2D eigenvalue weighted by atomic mass is 16.5. The van der Waals surface area contributed by atoms with Gasteiger partial charge in [-0.15, -0.1) is 0 Å². The zero-order valence-corrected chi connectivity index (χ0v) is 9.90. The van der Waals surface area contributed by atoms with Gasteiger partial charge in [0.05, 0.1) is 7.11 Å². The number of carbonyl (C=O) groups is 1. The van der Waals surface area contributed by atoms with Gasteiger partial charge in [0.25, 0.3) is 0 Å². The first-order chi connectivity index (χ1) is 7.77. The molecule has 0 saturated heterocycles. The summed E-state index contributed by atoms with van der Waals surface area (Å²) in [5.74, 6) is 0.879. The van der Waals surface area contributed by atoms with Crippen LogP contribution in [0.5, 0.6) is 0 Å². The molecule has 1 aromatic heterocycles. The van der Waals surface area contributed by atoms with Crippen LogP contribution in [-0.2, 0) is 22.4 Å². The molecule has 0 amide bonds. The van der Waals surface area contributed by atoms with Crippen LogP contribution >= 0.6 is 0 Å². The number of aromatic nitrogens is 2. The monoisotopic (exact) mass is 222 g/mol. The van der Waals surface area contributed by atoms with E-state index in [0.29, 0.717) is 0 Å². The van der Waals surface area contributed by atoms with Crippen LogP contribution in [0.15, 0.2) is 6.20 Å². The Bertz CT molecular complexity index is 384. The van der Waals surface area contributed by atoms with Crippen LogP contribution in [-0.4, -0.2) is 22.6 Å². The van der Waals surface area contributed by atoms with Gasteiger partial charge in [-0.05, 0) is 25.7 Å². The summed E-state index contributed by atoms with van der Waals surface area (Å²) in [6.07, 6.45) is 6.80. The molecule has 0 spiro atoms. The molecule has 0 fully saturated rings. The number of carbonyl (C=O) groups excluding carboxylic acids is 1. The molecule has 4 nitrogen and oxygen atoms in total. The minimum absolute atomic E-state index is 0.142. The maximum Gasteiger partial charge on any atom is 0.328 e. The smallest absolute Gasteiger partial charge is 0.328 e. The summed E-state index contributed by atoms with van der Waals surface area (Å²) in [5.41, 5.74) is 1.17. The minimum Gasteiger partial charge on any atom is -0.467 e. The lowest BCUT2D eigenvalue weighted by molar-refractivity contribution is -0.145. The summed E-state index contributed by atoms with van der Waals surface area (Å²) in [5, 5.41) is 0. The summed E-state index contributed by atoms with van der Waals surface area (Å²) in [7, 11) is 1.45. The fraction of sp³-hybridized carbons (Fsp3) is 0.667. The summed E-state index contributed by atoms with van der Waals surface area (Å²) in [4.78, 5) is 16.1. The highest BCUT2D eigenvalue weighted by Gasteiger charge is 2.28. The molecular formula is C12H18N2O2. The maximum atomic E-state index is 11.7. The number of nitrogens with zero attached hydrogens (tertiary/aromatic N) is 2. The average Bonchev–Trinajstić information content (AvgIpc) is 2.72. The molecule has 0 bridgehead atoms. The number of hydrogen-bond acceptors (Lipinski definition) is 3. The predicted molar refractivity (Wildman–Crippen MR) is 60.2 cm³/mol. The second kappa shape index (κ2) is 4.68. The quantitative estimate of drug-likeness (QED) is 0.733. The molecule has 1 aromatic rings. The van der Waals surface area contributed by atoms with Crippen molar-refractivity contribution in [2.45, 2.75) is 45.1 Å². The van der Waals surface area contributed by atoms with E-state index in [-0.39, 0.29) is 12.0 Å². The number of ether oxygens (including phenoxy) is 1. The number of methoxy groups -OCH3 is 1. The minimum atomic E-state index is -0.155. The van der Waals surface area contributed by atoms with Crippen LogP contribution in [0.1, 0.15) is 43.7 Å². The Kier molecular flexibility index (Phi) is 3.27. The summed E-state index contributed by atoms with van der Waals surface area (Å²) in [6, 6.07) is -0.155. The number of fused-ring (bicyclic) bond motifs is 1. The highest BCUT2D eigenvalue weighted by molar-refractivity contribution is 5.74. The molecule has 0 aromatic carbocycles. The van der Waals surface area contributed by atoms with E-state index < -0.39 is 0 Å². The van der Waals surface area contributed by atoms with E-state index in [4.69, 9.17) is 4.74 Å². The Labute approximate surface area is 95.6 Å². The molecule has 0 aliphatic carbocycles. The van der Waals surface area contributed by atoms with Crippen molar-refractivity contribution >= 4 is 5.97 Å². The number of hydrogen-bond donors (Lipinski definition) is 0. The van der Waals surface area contributed by atoms with E-state index >= 15 is 0 Å². The number of imidazole rings is 1. The molecular weight excluding hydrogens is 204 g/mol. The number of aryl methyl sites for hydroxylation is 2. The fourth-order valence-electron chi connectivity index (χ4n) is 2.38. The van der Waals surface area contributed by atoms with Gasteiger partial charge in [-0.2, -0.15) is 0 Å². The first-order valence-electron chi connectivity index (χ1n) is 5.90. The largest absolute Gasteiger partial charge is 0.467 e. The number of esters is 1. The van der Waals surface area contributed by atoms with Crippen molar-refractivity contribution in [2.75, 3.05) is 7.11 Å². The average molecular weight is 222 g/mol. The van der Waals surface area contributed by atoms with E-state index in [1.54, 1.807) is 0 Å². The Morgan fingerprint density at radius 2 is 2.50 bits per heavy atom. The van der Waals surface area contributed by atoms with Gasteiger partial charge in [0.15, 0.2) is 0 Å². The predicted octanol–water partition coefficient (Wildman–Crippen LogP) is 1.89. The molecule has 88 valence electrons. The van der Waals surface area contributed by atoms with Gasteiger partial charge in [-0.25, -0.2) is 9.78 Å². The van der Waals surface area contributed by atoms with Gasteiger partial charge in [-0.1, -0.05) is 6.92 Å². The second-order valence-corrected chi connectivity index (χ2v) is 4.22. The second-order valence-electron chi connectivity index (χ2n) is 4.22. The van der Waals surface area contributed by atoms with Crippen molar-refractivity contribution in [3.05, 3.63) is 17.7 Å². The van der Waals surface area contributed by atoms with E-state index in [2.05, 4.69) is 16.5 Å². The normalized spacial score (nSPS) is 19.2. The Hall–Kier alpha value is -1.32. The number of rotatable bonds is 3. The topological polar surface area (TPSA) is 44.1 Å². The lowest BCUT2D eigenvalue weighted by Gasteiger charge is -2.25. The Morgan fingerprint density at radius 3 is 3.19 bits per heavy atom. The van der Waals surface area contributed by atoms with Gasteiger partial charge in [-0.3, -0.25) is 0 Å². The molecule has 1 aliphatic heterocycles. The molecule has 1 aliphatic rings. The van der Waals surface area contributed by atoms with Gasteiger partial charge in [0.2, 0.25) is 0 Å². The molecule has 0 radical (unpaired) electrons. The van der Waals surface area contributed by atoms with Crippen LogP contribution < -0.4 is 0 Å². The molecule has 1 atom stereocenters. The van der Waals surface area contributed by atoms with E-state index in [1.807, 2.05) is 6.20 Å². The third kappa shape index (κ3) is 1.84.